The van der Waals surface area contributed by atoms with Crippen molar-refractivity contribution >= 4 is 20.1 Å². The minimum atomic E-state index is -5.72. The zero-order valence-electron chi connectivity index (χ0n) is 19.5. The fraction of sp³-hybridized carbons (Fsp3) is 0.172. The third kappa shape index (κ3) is 3.28. The summed E-state index contributed by atoms with van der Waals surface area (Å²) < 4.78 is 92.4. The van der Waals surface area contributed by atoms with Crippen molar-refractivity contribution < 1.29 is 30.5 Å². The summed E-state index contributed by atoms with van der Waals surface area (Å²) in [5.41, 5.74) is -3.13. The summed E-state index contributed by atoms with van der Waals surface area (Å²) >= 11 is 0. The summed E-state index contributed by atoms with van der Waals surface area (Å²) in [6, 6.07) is 32.1. The molecule has 0 saturated carbocycles. The van der Waals surface area contributed by atoms with Crippen molar-refractivity contribution in [1.82, 2.24) is 0 Å². The van der Waals surface area contributed by atoms with Crippen LogP contribution in [0.3, 0.4) is 0 Å². The highest BCUT2D eigenvalue weighted by Gasteiger charge is 2.83. The molecule has 2 aliphatic heterocycles. The summed E-state index contributed by atoms with van der Waals surface area (Å²) in [7, 11) is -2.14. The molecule has 2 aliphatic rings. The number of halogens is 6. The highest BCUT2D eigenvalue weighted by molar-refractivity contribution is 8.95. The first-order chi connectivity index (χ1) is 18.1. The average Bonchev–Trinajstić information content (AvgIpc) is 3.23. The van der Waals surface area contributed by atoms with Crippen LogP contribution in [-0.4, -0.2) is 12.4 Å². The van der Waals surface area contributed by atoms with Crippen LogP contribution in [0.2, 0.25) is 0 Å². The van der Waals surface area contributed by atoms with Gasteiger partial charge in [-0.25, -0.2) is 0 Å². The second-order valence-electron chi connectivity index (χ2n) is 9.14. The van der Waals surface area contributed by atoms with Gasteiger partial charge in [0.25, 0.3) is 5.60 Å². The number of hydrogen-bond donors (Lipinski definition) is 0. The third-order valence-electron chi connectivity index (χ3n) is 7.06. The Hall–Kier alpha value is -2.88. The molecule has 0 radical (unpaired) electrons. The Morgan fingerprint density at radius 1 is 0.605 bits per heavy atom. The molecule has 2 atom stereocenters. The average molecular weight is 563 g/mol. The summed E-state index contributed by atoms with van der Waals surface area (Å²) in [4.78, 5) is -0.0315. The van der Waals surface area contributed by atoms with E-state index in [1.807, 2.05) is 60.7 Å². The SMILES string of the molecule is FC(F)(F)C1(C(F)(F)F)OS2(SC(c3ccccc3)(c3ccccc3)C2c2ccccc2)c2ccccc21. The quantitative estimate of drug-likeness (QED) is 0.182. The zero-order chi connectivity index (χ0) is 26.8. The molecule has 6 rings (SSSR count). The second kappa shape index (κ2) is 8.56. The molecule has 1 saturated heterocycles. The Kier molecular flexibility index (Phi) is 5.72. The maximum absolute atomic E-state index is 14.6. The van der Waals surface area contributed by atoms with Crippen LogP contribution in [0, 0.1) is 0 Å². The summed E-state index contributed by atoms with van der Waals surface area (Å²) in [6.45, 7) is 0. The predicted octanol–water partition coefficient (Wildman–Crippen LogP) is 9.46. The number of benzene rings is 4. The monoisotopic (exact) mass is 562 g/mol. The molecule has 1 spiro atoms. The van der Waals surface area contributed by atoms with Gasteiger partial charge in [-0.2, -0.15) is 26.3 Å². The lowest BCUT2D eigenvalue weighted by Gasteiger charge is -2.64. The Morgan fingerprint density at radius 2 is 1.05 bits per heavy atom. The molecule has 0 bridgehead atoms. The van der Waals surface area contributed by atoms with E-state index in [9.17, 15) is 26.3 Å². The maximum Gasteiger partial charge on any atom is 0.432 e. The molecule has 0 N–H and O–H groups in total. The van der Waals surface area contributed by atoms with Crippen molar-refractivity contribution in [3.63, 3.8) is 0 Å². The highest BCUT2D eigenvalue weighted by Crippen LogP contribution is 2.98. The molecule has 9 heteroatoms. The Labute approximate surface area is 220 Å². The van der Waals surface area contributed by atoms with Gasteiger partial charge in [0, 0.05) is 10.5 Å². The number of rotatable bonds is 3. The molecule has 1 fully saturated rings. The van der Waals surface area contributed by atoms with Crippen molar-refractivity contribution in [2.75, 3.05) is 0 Å². The normalized spacial score (nSPS) is 25.3. The molecular formula is C29H20F6OS2. The van der Waals surface area contributed by atoms with Gasteiger partial charge < -0.3 is 0 Å². The van der Waals surface area contributed by atoms with Gasteiger partial charge in [-0.15, -0.1) is 0 Å². The van der Waals surface area contributed by atoms with Crippen LogP contribution in [0.25, 0.3) is 0 Å². The zero-order valence-corrected chi connectivity index (χ0v) is 21.2. The summed E-state index contributed by atoms with van der Waals surface area (Å²) in [6.07, 6.45) is -11.4. The standard InChI is InChI=1S/C29H20F6OS2/c30-28(31,32)27(29(33,34)35)23-18-10-11-19-24(23)38(36-27)25(20-12-4-1-5-13-20)26(37-38,21-14-6-2-7-15-21)22-16-8-3-9-17-22/h1-19,25H. The van der Waals surface area contributed by atoms with Crippen LogP contribution in [0.4, 0.5) is 26.3 Å². The van der Waals surface area contributed by atoms with E-state index in [4.69, 9.17) is 4.18 Å². The van der Waals surface area contributed by atoms with Gasteiger partial charge in [0.1, 0.15) is 0 Å². The lowest BCUT2D eigenvalue weighted by atomic mass is 9.84. The van der Waals surface area contributed by atoms with E-state index in [2.05, 4.69) is 0 Å². The molecule has 38 heavy (non-hydrogen) atoms. The smallest absolute Gasteiger partial charge is 0.292 e. The van der Waals surface area contributed by atoms with Crippen molar-refractivity contribution in [3.05, 3.63) is 138 Å². The third-order valence-corrected chi connectivity index (χ3v) is 14.0. The molecule has 2 unspecified atom stereocenters. The van der Waals surface area contributed by atoms with E-state index in [0.29, 0.717) is 5.56 Å². The molecule has 0 amide bonds. The fourth-order valence-corrected chi connectivity index (χ4v) is 14.0. The van der Waals surface area contributed by atoms with Gasteiger partial charge in [-0.05, 0) is 32.1 Å². The maximum atomic E-state index is 14.6. The van der Waals surface area contributed by atoms with Crippen LogP contribution < -0.4 is 0 Å². The van der Waals surface area contributed by atoms with Crippen molar-refractivity contribution in [2.45, 2.75) is 32.8 Å². The molecule has 0 aliphatic carbocycles. The molecular weight excluding hydrogens is 542 g/mol. The molecule has 4 aromatic carbocycles. The van der Waals surface area contributed by atoms with Crippen molar-refractivity contribution in [2.24, 2.45) is 0 Å². The van der Waals surface area contributed by atoms with Gasteiger partial charge in [0.2, 0.25) is 0 Å². The first-order valence-corrected chi connectivity index (χ1v) is 14.7. The number of fused-ring (bicyclic) bond motifs is 2. The van der Waals surface area contributed by atoms with Crippen LogP contribution in [0.5, 0.6) is 0 Å². The molecule has 4 aromatic rings. The molecule has 196 valence electrons. The van der Waals surface area contributed by atoms with Gasteiger partial charge >= 0.3 is 12.4 Å². The Balaban J connectivity index is 1.68. The Morgan fingerprint density at radius 3 is 1.55 bits per heavy atom. The largest absolute Gasteiger partial charge is 0.432 e. The van der Waals surface area contributed by atoms with E-state index >= 15 is 0 Å². The van der Waals surface area contributed by atoms with E-state index in [-0.39, 0.29) is 4.90 Å². The van der Waals surface area contributed by atoms with E-state index in [1.165, 1.54) is 18.2 Å². The first kappa shape index (κ1) is 25.4. The highest BCUT2D eigenvalue weighted by atomic mass is 33.2. The van der Waals surface area contributed by atoms with Gasteiger partial charge in [0.15, 0.2) is 0 Å². The predicted molar refractivity (Wildman–Crippen MR) is 138 cm³/mol. The fourth-order valence-electron chi connectivity index (χ4n) is 5.52. The summed E-state index contributed by atoms with van der Waals surface area (Å²) in [5.74, 6) is 0. The lowest BCUT2D eigenvalue weighted by Crippen LogP contribution is -2.55. The molecule has 1 nitrogen and oxygen atoms in total. The Bertz CT molecular complexity index is 1400. The number of hydrogen-bond acceptors (Lipinski definition) is 2. The second-order valence-corrected chi connectivity index (χ2v) is 14.1. The van der Waals surface area contributed by atoms with Crippen LogP contribution in [0.15, 0.2) is 120 Å². The van der Waals surface area contributed by atoms with Crippen LogP contribution in [0.1, 0.15) is 27.5 Å². The topological polar surface area (TPSA) is 9.23 Å². The van der Waals surface area contributed by atoms with Gasteiger partial charge in [-0.1, -0.05) is 120 Å². The lowest BCUT2D eigenvalue weighted by molar-refractivity contribution is -0.361. The number of alkyl halides is 6. The summed E-state index contributed by atoms with van der Waals surface area (Å²) in [5, 5.41) is -0.835. The minimum absolute atomic E-state index is 0.0315. The first-order valence-electron chi connectivity index (χ1n) is 11.7. The van der Waals surface area contributed by atoms with Crippen molar-refractivity contribution in [1.29, 1.82) is 0 Å². The minimum Gasteiger partial charge on any atom is -0.292 e. The van der Waals surface area contributed by atoms with E-state index in [0.717, 1.165) is 28.0 Å². The van der Waals surface area contributed by atoms with E-state index in [1.54, 1.807) is 30.3 Å². The van der Waals surface area contributed by atoms with Gasteiger partial charge in [0.05, 0.1) is 10.00 Å². The molecule has 2 heterocycles. The van der Waals surface area contributed by atoms with Crippen molar-refractivity contribution in [3.8, 4) is 0 Å². The van der Waals surface area contributed by atoms with Crippen LogP contribution in [-0.2, 0) is 14.5 Å². The molecule has 0 aromatic heterocycles. The van der Waals surface area contributed by atoms with Gasteiger partial charge in [-0.3, -0.25) is 4.18 Å². The van der Waals surface area contributed by atoms with Crippen LogP contribution >= 0.6 is 20.1 Å². The van der Waals surface area contributed by atoms with E-state index < -0.39 is 42.9 Å².